The van der Waals surface area contributed by atoms with Crippen molar-refractivity contribution in [3.63, 3.8) is 0 Å². The van der Waals surface area contributed by atoms with Crippen molar-refractivity contribution in [1.82, 2.24) is 0 Å². The molecule has 1 unspecified atom stereocenters. The molecule has 96 valence electrons. The summed E-state index contributed by atoms with van der Waals surface area (Å²) in [6.45, 7) is 0.570. The average Bonchev–Trinajstić information content (AvgIpc) is 2.82. The molecule has 19 heavy (non-hydrogen) atoms. The van der Waals surface area contributed by atoms with Crippen LogP contribution in [0.2, 0.25) is 0 Å². The Morgan fingerprint density at radius 3 is 2.89 bits per heavy atom. The van der Waals surface area contributed by atoms with Gasteiger partial charge in [0, 0.05) is 17.9 Å². The van der Waals surface area contributed by atoms with Crippen molar-refractivity contribution in [3.05, 3.63) is 59.9 Å². The molecule has 0 aromatic heterocycles. The quantitative estimate of drug-likeness (QED) is 0.867. The zero-order valence-electron chi connectivity index (χ0n) is 10.2. The van der Waals surface area contributed by atoms with Gasteiger partial charge in [-0.2, -0.15) is 0 Å². The zero-order chi connectivity index (χ0) is 13.2. The highest BCUT2D eigenvalue weighted by Gasteiger charge is 2.28. The van der Waals surface area contributed by atoms with Gasteiger partial charge in [0.2, 0.25) is 5.91 Å². The highest BCUT2D eigenvalue weighted by molar-refractivity contribution is 5.98. The molecule has 2 aromatic rings. The number of hydrogen-bond donors (Lipinski definition) is 2. The molecule has 4 heteroatoms. The van der Waals surface area contributed by atoms with Crippen LogP contribution in [-0.4, -0.2) is 12.5 Å². The number of halogens is 1. The van der Waals surface area contributed by atoms with Gasteiger partial charge in [-0.15, -0.1) is 0 Å². The van der Waals surface area contributed by atoms with Crippen molar-refractivity contribution in [1.29, 1.82) is 0 Å². The number of benzene rings is 2. The second-order valence-corrected chi connectivity index (χ2v) is 4.52. The standard InChI is InChI=1S/C15H13FN2O/c16-10-4-3-5-11(8-10)18-15(19)13-9-17-14-7-2-1-6-12(13)14/h1-8,13,17H,9H2,(H,18,19). The van der Waals surface area contributed by atoms with Crippen molar-refractivity contribution >= 4 is 17.3 Å². The number of nitrogens with one attached hydrogen (secondary N) is 2. The Labute approximate surface area is 110 Å². The topological polar surface area (TPSA) is 41.1 Å². The van der Waals surface area contributed by atoms with Gasteiger partial charge < -0.3 is 10.6 Å². The predicted molar refractivity (Wildman–Crippen MR) is 72.7 cm³/mol. The normalized spacial score (nSPS) is 16.6. The molecule has 1 aliphatic rings. The molecule has 3 nitrogen and oxygen atoms in total. The molecule has 1 heterocycles. The number of para-hydroxylation sites is 1. The van der Waals surface area contributed by atoms with Gasteiger partial charge in [0.1, 0.15) is 5.82 Å². The molecule has 2 aromatic carbocycles. The van der Waals surface area contributed by atoms with Crippen LogP contribution < -0.4 is 10.6 Å². The molecule has 0 saturated carbocycles. The lowest BCUT2D eigenvalue weighted by Gasteiger charge is -2.11. The minimum atomic E-state index is -0.359. The molecule has 3 rings (SSSR count). The van der Waals surface area contributed by atoms with E-state index in [0.717, 1.165) is 11.3 Å². The summed E-state index contributed by atoms with van der Waals surface area (Å²) in [7, 11) is 0. The van der Waals surface area contributed by atoms with Crippen LogP contribution >= 0.6 is 0 Å². The summed E-state index contributed by atoms with van der Waals surface area (Å²) < 4.78 is 13.1. The first-order valence-corrected chi connectivity index (χ1v) is 6.13. The molecular formula is C15H13FN2O. The van der Waals surface area contributed by atoms with Crippen molar-refractivity contribution < 1.29 is 9.18 Å². The van der Waals surface area contributed by atoms with Crippen LogP contribution in [0.15, 0.2) is 48.5 Å². The van der Waals surface area contributed by atoms with Crippen molar-refractivity contribution in [3.8, 4) is 0 Å². The van der Waals surface area contributed by atoms with Crippen LogP contribution in [0.5, 0.6) is 0 Å². The minimum Gasteiger partial charge on any atom is -0.384 e. The fourth-order valence-corrected chi connectivity index (χ4v) is 2.31. The third-order valence-electron chi connectivity index (χ3n) is 3.24. The summed E-state index contributed by atoms with van der Waals surface area (Å²) >= 11 is 0. The lowest BCUT2D eigenvalue weighted by Crippen LogP contribution is -2.22. The van der Waals surface area contributed by atoms with Crippen LogP contribution in [-0.2, 0) is 4.79 Å². The van der Waals surface area contributed by atoms with E-state index in [9.17, 15) is 9.18 Å². The van der Waals surface area contributed by atoms with Gasteiger partial charge >= 0.3 is 0 Å². The minimum absolute atomic E-state index is 0.122. The number of carbonyl (C=O) groups excluding carboxylic acids is 1. The van der Waals surface area contributed by atoms with Gasteiger partial charge in [0.15, 0.2) is 0 Å². The summed E-state index contributed by atoms with van der Waals surface area (Å²) in [6.07, 6.45) is 0. The van der Waals surface area contributed by atoms with Crippen LogP contribution in [0, 0.1) is 5.82 Å². The first-order chi connectivity index (χ1) is 9.24. The van der Waals surface area contributed by atoms with Gasteiger partial charge in [-0.05, 0) is 29.8 Å². The zero-order valence-corrected chi connectivity index (χ0v) is 10.2. The van der Waals surface area contributed by atoms with Gasteiger partial charge in [-0.3, -0.25) is 4.79 Å². The lowest BCUT2D eigenvalue weighted by molar-refractivity contribution is -0.117. The Bertz CT molecular complexity index is 627. The fraction of sp³-hybridized carbons (Fsp3) is 0.133. The summed E-state index contributed by atoms with van der Waals surface area (Å²) in [4.78, 5) is 12.2. The van der Waals surface area contributed by atoms with Gasteiger partial charge in [0.05, 0.1) is 5.92 Å². The number of anilines is 2. The summed E-state index contributed by atoms with van der Waals surface area (Å²) in [5, 5.41) is 5.94. The monoisotopic (exact) mass is 256 g/mol. The number of fused-ring (bicyclic) bond motifs is 1. The summed E-state index contributed by atoms with van der Waals surface area (Å²) in [6, 6.07) is 13.6. The second kappa shape index (κ2) is 4.72. The molecule has 0 fully saturated rings. The molecule has 0 bridgehead atoms. The van der Waals surface area contributed by atoms with Crippen molar-refractivity contribution in [2.75, 3.05) is 17.2 Å². The third kappa shape index (κ3) is 2.29. The fourth-order valence-electron chi connectivity index (χ4n) is 2.31. The van der Waals surface area contributed by atoms with E-state index in [-0.39, 0.29) is 17.6 Å². The van der Waals surface area contributed by atoms with Crippen LogP contribution in [0.3, 0.4) is 0 Å². The molecule has 1 aliphatic heterocycles. The second-order valence-electron chi connectivity index (χ2n) is 4.52. The summed E-state index contributed by atoms with van der Waals surface area (Å²) in [5.74, 6) is -0.717. The maximum Gasteiger partial charge on any atom is 0.233 e. The highest BCUT2D eigenvalue weighted by Crippen LogP contribution is 2.31. The van der Waals surface area contributed by atoms with Crippen LogP contribution in [0.4, 0.5) is 15.8 Å². The van der Waals surface area contributed by atoms with E-state index in [2.05, 4.69) is 10.6 Å². The van der Waals surface area contributed by atoms with Gasteiger partial charge in [-0.1, -0.05) is 24.3 Å². The number of amides is 1. The molecule has 2 N–H and O–H groups in total. The first kappa shape index (κ1) is 11.7. The highest BCUT2D eigenvalue weighted by atomic mass is 19.1. The Kier molecular flexibility index (Phi) is 2.91. The van der Waals surface area contributed by atoms with E-state index in [4.69, 9.17) is 0 Å². The van der Waals surface area contributed by atoms with E-state index in [0.29, 0.717) is 12.2 Å². The molecule has 0 radical (unpaired) electrons. The molecular weight excluding hydrogens is 243 g/mol. The Balaban J connectivity index is 1.79. The number of hydrogen-bond acceptors (Lipinski definition) is 2. The smallest absolute Gasteiger partial charge is 0.233 e. The largest absolute Gasteiger partial charge is 0.384 e. The van der Waals surface area contributed by atoms with Gasteiger partial charge in [-0.25, -0.2) is 4.39 Å². The van der Waals surface area contributed by atoms with Crippen LogP contribution in [0.25, 0.3) is 0 Å². The van der Waals surface area contributed by atoms with E-state index < -0.39 is 0 Å². The van der Waals surface area contributed by atoms with Crippen molar-refractivity contribution in [2.24, 2.45) is 0 Å². The summed E-state index contributed by atoms with van der Waals surface area (Å²) in [5.41, 5.74) is 2.45. The predicted octanol–water partition coefficient (Wildman–Crippen LogP) is 2.97. The number of carbonyl (C=O) groups is 1. The van der Waals surface area contributed by atoms with E-state index >= 15 is 0 Å². The Hall–Kier alpha value is -2.36. The molecule has 0 aliphatic carbocycles. The molecule has 1 amide bonds. The van der Waals surface area contributed by atoms with E-state index in [1.54, 1.807) is 12.1 Å². The maximum absolute atomic E-state index is 13.1. The Morgan fingerprint density at radius 1 is 1.21 bits per heavy atom. The Morgan fingerprint density at radius 2 is 2.05 bits per heavy atom. The lowest BCUT2D eigenvalue weighted by atomic mass is 10.0. The van der Waals surface area contributed by atoms with E-state index in [1.165, 1.54) is 12.1 Å². The maximum atomic E-state index is 13.1. The number of rotatable bonds is 2. The average molecular weight is 256 g/mol. The molecule has 1 atom stereocenters. The van der Waals surface area contributed by atoms with Crippen LogP contribution in [0.1, 0.15) is 11.5 Å². The molecule has 0 spiro atoms. The van der Waals surface area contributed by atoms with E-state index in [1.807, 2.05) is 24.3 Å². The molecule has 0 saturated heterocycles. The third-order valence-corrected chi connectivity index (χ3v) is 3.24. The SMILES string of the molecule is O=C(Nc1cccc(F)c1)C1CNc2ccccc21. The van der Waals surface area contributed by atoms with Gasteiger partial charge in [0.25, 0.3) is 0 Å². The first-order valence-electron chi connectivity index (χ1n) is 6.13. The van der Waals surface area contributed by atoms with Crippen molar-refractivity contribution in [2.45, 2.75) is 5.92 Å².